The number of rotatable bonds is 3. The summed E-state index contributed by atoms with van der Waals surface area (Å²) in [5.41, 5.74) is 0.874. The Labute approximate surface area is 96.7 Å². The maximum atomic E-state index is 11.1. The van der Waals surface area contributed by atoms with Crippen molar-refractivity contribution in [2.45, 2.75) is 0 Å². The Balaban J connectivity index is 2.43. The Morgan fingerprint density at radius 2 is 2.25 bits per heavy atom. The quantitative estimate of drug-likeness (QED) is 0.826. The molecule has 1 N–H and O–H groups in total. The average Bonchev–Trinajstić information content (AvgIpc) is 2.79. The van der Waals surface area contributed by atoms with E-state index in [1.165, 1.54) is 11.3 Å². The number of carboxylic acid groups (broad SMARTS) is 1. The molecule has 0 spiro atoms. The van der Waals surface area contributed by atoms with Crippen LogP contribution in [0.2, 0.25) is 0 Å². The van der Waals surface area contributed by atoms with Crippen LogP contribution < -0.4 is 0 Å². The number of carboxylic acids is 1. The summed E-state index contributed by atoms with van der Waals surface area (Å²) in [6.07, 6.45) is 4.83. The number of carbonyl (C=O) groups is 1. The standard InChI is InChI=1S/C12H9NO2S/c14-12(15)11(7-10-4-2-6-16-10)9-3-1-5-13-8-9/h1-8H,(H,14,15)/b11-7+. The predicted octanol–water partition coefficient (Wildman–Crippen LogP) is 2.77. The molecule has 4 heteroatoms. The normalized spacial score (nSPS) is 11.4. The second kappa shape index (κ2) is 4.72. The Bertz CT molecular complexity index is 503. The zero-order chi connectivity index (χ0) is 11.4. The molecule has 0 bridgehead atoms. The molecule has 0 aliphatic rings. The number of nitrogens with zero attached hydrogens (tertiary/aromatic N) is 1. The van der Waals surface area contributed by atoms with Gasteiger partial charge in [-0.05, 0) is 23.6 Å². The number of aromatic nitrogens is 1. The molecule has 2 rings (SSSR count). The third-order valence-electron chi connectivity index (χ3n) is 2.03. The van der Waals surface area contributed by atoms with Gasteiger partial charge in [0.05, 0.1) is 5.57 Å². The second-order valence-electron chi connectivity index (χ2n) is 3.12. The van der Waals surface area contributed by atoms with Gasteiger partial charge in [0.1, 0.15) is 0 Å². The first-order valence-corrected chi connectivity index (χ1v) is 5.54. The van der Waals surface area contributed by atoms with Gasteiger partial charge in [-0.3, -0.25) is 4.98 Å². The minimum Gasteiger partial charge on any atom is -0.478 e. The first-order valence-electron chi connectivity index (χ1n) is 4.66. The van der Waals surface area contributed by atoms with Gasteiger partial charge in [-0.15, -0.1) is 11.3 Å². The fourth-order valence-electron chi connectivity index (χ4n) is 1.31. The van der Waals surface area contributed by atoms with Crippen molar-refractivity contribution in [3.8, 4) is 0 Å². The molecule has 0 aliphatic heterocycles. The van der Waals surface area contributed by atoms with Crippen LogP contribution in [0.25, 0.3) is 11.6 Å². The van der Waals surface area contributed by atoms with E-state index in [4.69, 9.17) is 5.11 Å². The maximum Gasteiger partial charge on any atom is 0.336 e. The van der Waals surface area contributed by atoms with Gasteiger partial charge in [0.2, 0.25) is 0 Å². The van der Waals surface area contributed by atoms with E-state index in [1.54, 1.807) is 30.6 Å². The largest absolute Gasteiger partial charge is 0.478 e. The summed E-state index contributed by atoms with van der Waals surface area (Å²) in [6.45, 7) is 0. The van der Waals surface area contributed by atoms with Gasteiger partial charge in [-0.2, -0.15) is 0 Å². The molecule has 0 amide bonds. The molecule has 0 aliphatic carbocycles. The van der Waals surface area contributed by atoms with Crippen molar-refractivity contribution < 1.29 is 9.90 Å². The fourth-order valence-corrected chi connectivity index (χ4v) is 1.96. The van der Waals surface area contributed by atoms with Crippen LogP contribution in [-0.4, -0.2) is 16.1 Å². The summed E-state index contributed by atoms with van der Waals surface area (Å²) in [5, 5.41) is 11.0. The van der Waals surface area contributed by atoms with Crippen molar-refractivity contribution in [1.82, 2.24) is 4.98 Å². The van der Waals surface area contributed by atoms with E-state index in [9.17, 15) is 4.79 Å². The summed E-state index contributed by atoms with van der Waals surface area (Å²) in [5.74, 6) is -0.943. The molecule has 0 aromatic carbocycles. The van der Waals surface area contributed by atoms with E-state index in [1.807, 2.05) is 17.5 Å². The third kappa shape index (κ3) is 2.35. The highest BCUT2D eigenvalue weighted by Gasteiger charge is 2.10. The highest BCUT2D eigenvalue weighted by atomic mass is 32.1. The molecular formula is C12H9NO2S. The molecule has 0 atom stereocenters. The van der Waals surface area contributed by atoms with Crippen molar-refractivity contribution >= 4 is 29.0 Å². The first-order chi connectivity index (χ1) is 7.77. The summed E-state index contributed by atoms with van der Waals surface area (Å²) >= 11 is 1.50. The van der Waals surface area contributed by atoms with Crippen molar-refractivity contribution in [3.63, 3.8) is 0 Å². The van der Waals surface area contributed by atoms with Crippen LogP contribution in [0.15, 0.2) is 42.0 Å². The number of thiophene rings is 1. The molecule has 80 valence electrons. The third-order valence-corrected chi connectivity index (χ3v) is 2.85. The lowest BCUT2D eigenvalue weighted by molar-refractivity contribution is -0.130. The van der Waals surface area contributed by atoms with Crippen molar-refractivity contribution in [1.29, 1.82) is 0 Å². The van der Waals surface area contributed by atoms with E-state index in [0.717, 1.165) is 4.88 Å². The molecule has 16 heavy (non-hydrogen) atoms. The van der Waals surface area contributed by atoms with Crippen LogP contribution in [0.3, 0.4) is 0 Å². The van der Waals surface area contributed by atoms with Gasteiger partial charge in [0.15, 0.2) is 0 Å². The number of pyridine rings is 1. The second-order valence-corrected chi connectivity index (χ2v) is 4.10. The predicted molar refractivity (Wildman–Crippen MR) is 64.1 cm³/mol. The lowest BCUT2D eigenvalue weighted by atomic mass is 10.1. The first kappa shape index (κ1) is 10.6. The summed E-state index contributed by atoms with van der Waals surface area (Å²) in [4.78, 5) is 16.0. The van der Waals surface area contributed by atoms with Crippen LogP contribution >= 0.6 is 11.3 Å². The smallest absolute Gasteiger partial charge is 0.336 e. The number of aliphatic carboxylic acids is 1. The molecule has 3 nitrogen and oxygen atoms in total. The van der Waals surface area contributed by atoms with Crippen molar-refractivity contribution in [3.05, 3.63) is 52.5 Å². The van der Waals surface area contributed by atoms with E-state index >= 15 is 0 Å². The van der Waals surface area contributed by atoms with Gasteiger partial charge < -0.3 is 5.11 Å². The minimum absolute atomic E-state index is 0.260. The zero-order valence-electron chi connectivity index (χ0n) is 8.33. The van der Waals surface area contributed by atoms with Crippen molar-refractivity contribution in [2.24, 2.45) is 0 Å². The Morgan fingerprint density at radius 3 is 2.81 bits per heavy atom. The number of hydrogen-bond acceptors (Lipinski definition) is 3. The molecule has 2 aromatic rings. The lowest BCUT2D eigenvalue weighted by Gasteiger charge is -2.00. The molecule has 0 saturated heterocycles. The topological polar surface area (TPSA) is 50.2 Å². The number of hydrogen-bond donors (Lipinski definition) is 1. The van der Waals surface area contributed by atoms with Gasteiger partial charge in [-0.1, -0.05) is 12.1 Å². The highest BCUT2D eigenvalue weighted by molar-refractivity contribution is 7.10. The Kier molecular flexibility index (Phi) is 3.12. The summed E-state index contributed by atoms with van der Waals surface area (Å²) < 4.78 is 0. The molecule has 0 saturated carbocycles. The monoisotopic (exact) mass is 231 g/mol. The lowest BCUT2D eigenvalue weighted by Crippen LogP contribution is -1.99. The van der Waals surface area contributed by atoms with Crippen LogP contribution in [0, 0.1) is 0 Å². The van der Waals surface area contributed by atoms with Gasteiger partial charge >= 0.3 is 5.97 Å². The maximum absolute atomic E-state index is 11.1. The van der Waals surface area contributed by atoms with E-state index in [2.05, 4.69) is 4.98 Å². The van der Waals surface area contributed by atoms with Crippen molar-refractivity contribution in [2.75, 3.05) is 0 Å². The highest BCUT2D eigenvalue weighted by Crippen LogP contribution is 2.20. The summed E-state index contributed by atoms with van der Waals surface area (Å²) in [7, 11) is 0. The molecule has 2 aromatic heterocycles. The van der Waals surface area contributed by atoms with Crippen LogP contribution in [0.5, 0.6) is 0 Å². The summed E-state index contributed by atoms with van der Waals surface area (Å²) in [6, 6.07) is 7.23. The van der Waals surface area contributed by atoms with Gasteiger partial charge in [0, 0.05) is 22.8 Å². The molecular weight excluding hydrogens is 222 g/mol. The fraction of sp³-hybridized carbons (Fsp3) is 0. The van der Waals surface area contributed by atoms with Gasteiger partial charge in [0.25, 0.3) is 0 Å². The minimum atomic E-state index is -0.943. The van der Waals surface area contributed by atoms with E-state index < -0.39 is 5.97 Å². The van der Waals surface area contributed by atoms with Crippen LogP contribution in [0.1, 0.15) is 10.4 Å². The van der Waals surface area contributed by atoms with Crippen LogP contribution in [-0.2, 0) is 4.79 Å². The Hall–Kier alpha value is -1.94. The van der Waals surface area contributed by atoms with Crippen LogP contribution in [0.4, 0.5) is 0 Å². The van der Waals surface area contributed by atoms with E-state index in [0.29, 0.717) is 5.56 Å². The average molecular weight is 231 g/mol. The van der Waals surface area contributed by atoms with E-state index in [-0.39, 0.29) is 5.57 Å². The molecule has 2 heterocycles. The molecule has 0 radical (unpaired) electrons. The molecule has 0 fully saturated rings. The Morgan fingerprint density at radius 1 is 1.38 bits per heavy atom. The molecule has 0 unspecified atom stereocenters. The zero-order valence-corrected chi connectivity index (χ0v) is 9.15. The SMILES string of the molecule is O=C(O)/C(=C/c1cccs1)c1cccnc1. The van der Waals surface area contributed by atoms with Gasteiger partial charge in [-0.25, -0.2) is 4.79 Å².